The van der Waals surface area contributed by atoms with Crippen LogP contribution >= 0.6 is 0 Å². The molecule has 0 aromatic carbocycles. The van der Waals surface area contributed by atoms with Gasteiger partial charge in [0, 0.05) is 42.0 Å². The fourth-order valence-corrected chi connectivity index (χ4v) is 5.49. The predicted octanol–water partition coefficient (Wildman–Crippen LogP) is 1.07. The van der Waals surface area contributed by atoms with E-state index >= 15 is 0 Å². The topological polar surface area (TPSA) is 114 Å². The summed E-state index contributed by atoms with van der Waals surface area (Å²) in [5, 5.41) is 13.5. The van der Waals surface area contributed by atoms with Crippen LogP contribution < -0.4 is 5.32 Å². The number of aromatic nitrogens is 3. The first-order chi connectivity index (χ1) is 13.8. The van der Waals surface area contributed by atoms with E-state index in [1.165, 1.54) is 0 Å². The average Bonchev–Trinajstić information content (AvgIpc) is 3.16. The van der Waals surface area contributed by atoms with Crippen molar-refractivity contribution < 1.29 is 18.3 Å². The number of aliphatic hydroxyl groups excluding tert-OH is 1. The summed E-state index contributed by atoms with van der Waals surface area (Å²) in [5.74, 6) is -0.847. The third-order valence-corrected chi connectivity index (χ3v) is 6.89. The fraction of sp³-hybridized carbons (Fsp3) is 0.350. The third kappa shape index (κ3) is 4.01. The molecular weight excluding hydrogens is 392 g/mol. The first-order valence-electron chi connectivity index (χ1n) is 9.38. The van der Waals surface area contributed by atoms with E-state index in [-0.39, 0.29) is 23.8 Å². The molecule has 0 radical (unpaired) electrons. The molecule has 4 heterocycles. The second kappa shape index (κ2) is 7.57. The van der Waals surface area contributed by atoms with Crippen LogP contribution in [0.4, 0.5) is 0 Å². The number of pyridine rings is 2. The predicted molar refractivity (Wildman–Crippen MR) is 109 cm³/mol. The summed E-state index contributed by atoms with van der Waals surface area (Å²) in [5.41, 5.74) is 3.52. The Morgan fingerprint density at radius 3 is 2.72 bits per heavy atom. The van der Waals surface area contributed by atoms with Crippen LogP contribution in [-0.4, -0.2) is 57.6 Å². The number of aryl methyl sites for hydroxylation is 2. The van der Waals surface area contributed by atoms with Crippen LogP contribution in [0.25, 0.3) is 22.3 Å². The van der Waals surface area contributed by atoms with E-state index in [1.54, 1.807) is 12.4 Å². The van der Waals surface area contributed by atoms with E-state index in [2.05, 4.69) is 15.3 Å². The fourth-order valence-electron chi connectivity index (χ4n) is 3.75. The summed E-state index contributed by atoms with van der Waals surface area (Å²) < 4.78 is 25.2. The van der Waals surface area contributed by atoms with Crippen LogP contribution in [0.2, 0.25) is 0 Å². The highest BCUT2D eigenvalue weighted by atomic mass is 32.2. The first-order valence-corrected chi connectivity index (χ1v) is 11.2. The Hall–Kier alpha value is -2.78. The molecule has 1 amide bonds. The summed E-state index contributed by atoms with van der Waals surface area (Å²) in [6.07, 6.45) is 2.51. The Labute approximate surface area is 168 Å². The number of amides is 1. The van der Waals surface area contributed by atoms with Gasteiger partial charge in [0.2, 0.25) is 5.91 Å². The Balaban J connectivity index is 1.57. The molecule has 3 aromatic rings. The number of sulfone groups is 1. The highest BCUT2D eigenvalue weighted by Gasteiger charge is 2.37. The minimum absolute atomic E-state index is 0.135. The van der Waals surface area contributed by atoms with E-state index in [9.17, 15) is 18.3 Å². The minimum Gasteiger partial charge on any atom is -0.390 e. The second-order valence-electron chi connectivity index (χ2n) is 7.30. The van der Waals surface area contributed by atoms with Gasteiger partial charge in [0.1, 0.15) is 5.65 Å². The van der Waals surface area contributed by atoms with Crippen molar-refractivity contribution in [2.75, 3.05) is 11.5 Å². The molecule has 1 aliphatic rings. The van der Waals surface area contributed by atoms with Gasteiger partial charge < -0.3 is 15.0 Å². The Morgan fingerprint density at radius 1 is 1.24 bits per heavy atom. The molecule has 0 aliphatic carbocycles. The minimum atomic E-state index is -3.31. The van der Waals surface area contributed by atoms with E-state index in [0.29, 0.717) is 6.54 Å². The molecule has 4 rings (SSSR count). The van der Waals surface area contributed by atoms with Crippen LogP contribution in [0.3, 0.4) is 0 Å². The summed E-state index contributed by atoms with van der Waals surface area (Å²) >= 11 is 0. The maximum Gasteiger partial charge on any atom is 0.222 e. The van der Waals surface area contributed by atoms with Crippen molar-refractivity contribution in [3.05, 3.63) is 48.4 Å². The average molecular weight is 414 g/mol. The number of nitrogens with one attached hydrogen (secondary N) is 1. The van der Waals surface area contributed by atoms with Crippen LogP contribution in [0.5, 0.6) is 0 Å². The quantitative estimate of drug-likeness (QED) is 0.646. The van der Waals surface area contributed by atoms with Gasteiger partial charge >= 0.3 is 0 Å². The van der Waals surface area contributed by atoms with Crippen LogP contribution in [0.15, 0.2) is 42.7 Å². The van der Waals surface area contributed by atoms with Crippen LogP contribution in [-0.2, 0) is 21.2 Å². The Bertz CT molecular complexity index is 1170. The molecule has 9 heteroatoms. The molecule has 29 heavy (non-hydrogen) atoms. The largest absolute Gasteiger partial charge is 0.390 e. The van der Waals surface area contributed by atoms with E-state index < -0.39 is 22.0 Å². The van der Waals surface area contributed by atoms with Gasteiger partial charge in [-0.2, -0.15) is 0 Å². The number of rotatable bonds is 5. The molecule has 1 aliphatic heterocycles. The summed E-state index contributed by atoms with van der Waals surface area (Å²) in [7, 11) is -3.31. The zero-order valence-corrected chi connectivity index (χ0v) is 16.8. The smallest absolute Gasteiger partial charge is 0.222 e. The number of aliphatic hydroxyl groups is 1. The highest BCUT2D eigenvalue weighted by molar-refractivity contribution is 7.91. The first kappa shape index (κ1) is 19.5. The molecular formula is C20H22N4O4S. The van der Waals surface area contributed by atoms with Gasteiger partial charge in [-0.15, -0.1) is 0 Å². The maximum atomic E-state index is 12.4. The zero-order chi connectivity index (χ0) is 20.6. The van der Waals surface area contributed by atoms with Gasteiger partial charge in [-0.05, 0) is 37.3 Å². The molecule has 1 saturated heterocycles. The van der Waals surface area contributed by atoms with Crippen molar-refractivity contribution in [3.8, 4) is 11.3 Å². The molecule has 1 fully saturated rings. The van der Waals surface area contributed by atoms with Crippen molar-refractivity contribution in [1.82, 2.24) is 19.9 Å². The molecule has 2 N–H and O–H groups in total. The number of hydrogen-bond acceptors (Lipinski definition) is 6. The highest BCUT2D eigenvalue weighted by Crippen LogP contribution is 2.29. The van der Waals surface area contributed by atoms with E-state index in [1.807, 2.05) is 41.8 Å². The maximum absolute atomic E-state index is 12.4. The van der Waals surface area contributed by atoms with Crippen LogP contribution in [0, 0.1) is 6.92 Å². The lowest BCUT2D eigenvalue weighted by Crippen LogP contribution is -2.42. The molecule has 8 nitrogen and oxygen atoms in total. The lowest BCUT2D eigenvalue weighted by molar-refractivity contribution is -0.122. The number of carbonyl (C=O) groups excluding carboxylic acids is 1. The summed E-state index contributed by atoms with van der Waals surface area (Å²) in [6, 6.07) is 8.94. The SMILES string of the molecule is Cc1ncccc1-c1cc2cccnc2n1CCC(=O)N[C@H]1CS(=O)(=O)C[C@H]1O. The van der Waals surface area contributed by atoms with Gasteiger partial charge in [-0.1, -0.05) is 0 Å². The third-order valence-electron chi connectivity index (χ3n) is 5.17. The second-order valence-corrected chi connectivity index (χ2v) is 9.46. The molecule has 0 saturated carbocycles. The molecule has 0 spiro atoms. The van der Waals surface area contributed by atoms with Gasteiger partial charge in [0.15, 0.2) is 9.84 Å². The van der Waals surface area contributed by atoms with E-state index in [0.717, 1.165) is 28.0 Å². The summed E-state index contributed by atoms with van der Waals surface area (Å²) in [6.45, 7) is 2.30. The molecule has 3 aromatic heterocycles. The van der Waals surface area contributed by atoms with Crippen molar-refractivity contribution in [3.63, 3.8) is 0 Å². The molecule has 0 bridgehead atoms. The number of hydrogen-bond donors (Lipinski definition) is 2. The van der Waals surface area contributed by atoms with Crippen molar-refractivity contribution in [2.24, 2.45) is 0 Å². The van der Waals surface area contributed by atoms with Crippen molar-refractivity contribution >= 4 is 26.8 Å². The number of carbonyl (C=O) groups is 1. The van der Waals surface area contributed by atoms with Gasteiger partial charge in [0.25, 0.3) is 0 Å². The normalized spacial score (nSPS) is 20.8. The van der Waals surface area contributed by atoms with Crippen molar-refractivity contribution in [1.29, 1.82) is 0 Å². The monoisotopic (exact) mass is 414 g/mol. The molecule has 2 atom stereocenters. The lowest BCUT2D eigenvalue weighted by atomic mass is 10.1. The van der Waals surface area contributed by atoms with Gasteiger partial charge in [0.05, 0.1) is 29.3 Å². The summed E-state index contributed by atoms with van der Waals surface area (Å²) in [4.78, 5) is 21.3. The zero-order valence-electron chi connectivity index (χ0n) is 15.9. The molecule has 152 valence electrons. The Morgan fingerprint density at radius 2 is 2.00 bits per heavy atom. The van der Waals surface area contributed by atoms with Crippen LogP contribution in [0.1, 0.15) is 12.1 Å². The molecule has 0 unspecified atom stereocenters. The van der Waals surface area contributed by atoms with Gasteiger partial charge in [-0.3, -0.25) is 9.78 Å². The van der Waals surface area contributed by atoms with Gasteiger partial charge in [-0.25, -0.2) is 13.4 Å². The number of fused-ring (bicyclic) bond motifs is 1. The van der Waals surface area contributed by atoms with Crippen molar-refractivity contribution in [2.45, 2.75) is 32.0 Å². The van der Waals surface area contributed by atoms with E-state index in [4.69, 9.17) is 0 Å². The number of nitrogens with zero attached hydrogens (tertiary/aromatic N) is 3. The standard InChI is InChI=1S/C20H22N4O4S/c1-13-15(5-3-7-21-13)17-10-14-4-2-8-22-20(14)24(17)9-6-19(26)23-16-11-29(27,28)12-18(16)25/h2-5,7-8,10,16,18,25H,6,9,11-12H2,1H3,(H,23,26)/t16-,18+/m0/s1. The lowest BCUT2D eigenvalue weighted by Gasteiger charge is -2.16. The Kier molecular flexibility index (Phi) is 5.10.